The van der Waals surface area contributed by atoms with Gasteiger partial charge in [0, 0.05) is 16.6 Å². The van der Waals surface area contributed by atoms with Crippen molar-refractivity contribution in [2.45, 2.75) is 25.7 Å². The van der Waals surface area contributed by atoms with Crippen molar-refractivity contribution in [3.8, 4) is 0 Å². The van der Waals surface area contributed by atoms with Crippen molar-refractivity contribution in [3.05, 3.63) is 17.0 Å². The summed E-state index contributed by atoms with van der Waals surface area (Å²) in [6.07, 6.45) is 3.94. The summed E-state index contributed by atoms with van der Waals surface area (Å²) in [5, 5.41) is 10.0. The van der Waals surface area contributed by atoms with Crippen LogP contribution in [0.5, 0.6) is 0 Å². The minimum atomic E-state index is -0.139. The predicted octanol–water partition coefficient (Wildman–Crippen LogP) is 1.69. The molecule has 0 spiro atoms. The van der Waals surface area contributed by atoms with Crippen LogP contribution in [0.15, 0.2) is 17.0 Å². The number of anilines is 1. The third-order valence-electron chi connectivity index (χ3n) is 3.52. The number of nitrogen functional groups attached to an aromatic ring is 1. The summed E-state index contributed by atoms with van der Waals surface area (Å²) in [4.78, 5) is 8.29. The maximum atomic E-state index is 9.22. The van der Waals surface area contributed by atoms with Crippen LogP contribution < -0.4 is 5.73 Å². The number of nitrogens with zero attached hydrogens (tertiary/aromatic N) is 3. The molecule has 6 nitrogen and oxygen atoms in total. The molecule has 1 aliphatic heterocycles. The van der Waals surface area contributed by atoms with Gasteiger partial charge in [-0.2, -0.15) is 0 Å². The van der Waals surface area contributed by atoms with Gasteiger partial charge in [-0.1, -0.05) is 6.92 Å². The van der Waals surface area contributed by atoms with Crippen LogP contribution >= 0.6 is 15.9 Å². The van der Waals surface area contributed by atoms with E-state index in [2.05, 4.69) is 32.8 Å². The van der Waals surface area contributed by atoms with Crippen LogP contribution in [-0.2, 0) is 4.74 Å². The molecule has 0 amide bonds. The van der Waals surface area contributed by atoms with E-state index in [0.29, 0.717) is 11.7 Å². The Morgan fingerprint density at radius 2 is 2.37 bits per heavy atom. The summed E-state index contributed by atoms with van der Waals surface area (Å²) >= 11 is 3.48. The molecule has 0 radical (unpaired) electrons. The summed E-state index contributed by atoms with van der Waals surface area (Å²) in [5.41, 5.74) is 6.63. The van der Waals surface area contributed by atoms with Gasteiger partial charge in [-0.15, -0.1) is 0 Å². The third kappa shape index (κ3) is 2.01. The van der Waals surface area contributed by atoms with E-state index in [-0.39, 0.29) is 18.9 Å². The van der Waals surface area contributed by atoms with Gasteiger partial charge in [0.25, 0.3) is 0 Å². The SMILES string of the molecule is C[C@H]1C[C@@H](CO)O[C@@H]1n1cc(Br)c2c(N)ncnc21. The van der Waals surface area contributed by atoms with Gasteiger partial charge in [0.15, 0.2) is 0 Å². The van der Waals surface area contributed by atoms with Crippen molar-refractivity contribution in [2.75, 3.05) is 12.3 Å². The van der Waals surface area contributed by atoms with E-state index in [1.165, 1.54) is 6.33 Å². The Labute approximate surface area is 118 Å². The van der Waals surface area contributed by atoms with Crippen molar-refractivity contribution in [1.29, 1.82) is 0 Å². The topological polar surface area (TPSA) is 86.2 Å². The second-order valence-electron chi connectivity index (χ2n) is 4.89. The minimum absolute atomic E-state index is 0.0400. The first-order valence-electron chi connectivity index (χ1n) is 6.14. The van der Waals surface area contributed by atoms with Crippen LogP contribution in [-0.4, -0.2) is 32.4 Å². The molecule has 0 aliphatic carbocycles. The maximum Gasteiger partial charge on any atom is 0.148 e. The lowest BCUT2D eigenvalue weighted by molar-refractivity contribution is -0.0292. The van der Waals surface area contributed by atoms with Gasteiger partial charge in [-0.05, 0) is 22.4 Å². The summed E-state index contributed by atoms with van der Waals surface area (Å²) in [6.45, 7) is 2.14. The Hall–Kier alpha value is -1.18. The van der Waals surface area contributed by atoms with Gasteiger partial charge >= 0.3 is 0 Å². The second kappa shape index (κ2) is 4.73. The smallest absolute Gasteiger partial charge is 0.148 e. The van der Waals surface area contributed by atoms with E-state index in [1.54, 1.807) is 0 Å². The maximum absolute atomic E-state index is 9.22. The Morgan fingerprint density at radius 1 is 1.58 bits per heavy atom. The number of hydrogen-bond acceptors (Lipinski definition) is 5. The number of nitrogens with two attached hydrogens (primary N) is 1. The fraction of sp³-hybridized carbons (Fsp3) is 0.500. The van der Waals surface area contributed by atoms with Gasteiger partial charge in [-0.25, -0.2) is 9.97 Å². The number of aliphatic hydroxyl groups excluding tert-OH is 1. The van der Waals surface area contributed by atoms with E-state index >= 15 is 0 Å². The molecule has 3 heterocycles. The largest absolute Gasteiger partial charge is 0.394 e. The van der Waals surface area contributed by atoms with E-state index in [4.69, 9.17) is 10.5 Å². The average molecular weight is 327 g/mol. The molecule has 0 bridgehead atoms. The molecule has 2 aromatic rings. The fourth-order valence-electron chi connectivity index (χ4n) is 2.63. The number of fused-ring (bicyclic) bond motifs is 1. The highest BCUT2D eigenvalue weighted by molar-refractivity contribution is 9.10. The number of halogens is 1. The number of aliphatic hydroxyl groups is 1. The molecule has 1 aliphatic rings. The Morgan fingerprint density at radius 3 is 3.05 bits per heavy atom. The molecular formula is C12H15BrN4O2. The first-order valence-corrected chi connectivity index (χ1v) is 6.94. The first-order chi connectivity index (χ1) is 9.11. The molecule has 2 aromatic heterocycles. The molecule has 0 unspecified atom stereocenters. The highest BCUT2D eigenvalue weighted by atomic mass is 79.9. The fourth-order valence-corrected chi connectivity index (χ4v) is 3.23. The van der Waals surface area contributed by atoms with Crippen LogP contribution in [0.1, 0.15) is 19.6 Å². The molecule has 0 saturated carbocycles. The minimum Gasteiger partial charge on any atom is -0.394 e. The zero-order chi connectivity index (χ0) is 13.6. The summed E-state index contributed by atoms with van der Waals surface area (Å²) in [7, 11) is 0. The van der Waals surface area contributed by atoms with E-state index in [1.807, 2.05) is 10.8 Å². The number of ether oxygens (including phenoxy) is 1. The van der Waals surface area contributed by atoms with Crippen molar-refractivity contribution in [1.82, 2.24) is 14.5 Å². The van der Waals surface area contributed by atoms with Gasteiger partial charge in [0.05, 0.1) is 18.1 Å². The molecule has 1 saturated heterocycles. The lowest BCUT2D eigenvalue weighted by Crippen LogP contribution is -2.15. The molecule has 0 aromatic carbocycles. The van der Waals surface area contributed by atoms with E-state index < -0.39 is 0 Å². The zero-order valence-electron chi connectivity index (χ0n) is 10.5. The Balaban J connectivity index is 2.09. The van der Waals surface area contributed by atoms with Crippen molar-refractivity contribution in [3.63, 3.8) is 0 Å². The van der Waals surface area contributed by atoms with Crippen LogP contribution in [0.25, 0.3) is 11.0 Å². The summed E-state index contributed by atoms with van der Waals surface area (Å²) in [5.74, 6) is 0.746. The first kappa shape index (κ1) is 12.8. The van der Waals surface area contributed by atoms with Crippen molar-refractivity contribution in [2.24, 2.45) is 5.92 Å². The lowest BCUT2D eigenvalue weighted by atomic mass is 10.1. The van der Waals surface area contributed by atoms with Crippen molar-refractivity contribution >= 4 is 32.8 Å². The number of aromatic nitrogens is 3. The normalized spacial score (nSPS) is 27.2. The van der Waals surface area contributed by atoms with Crippen molar-refractivity contribution < 1.29 is 9.84 Å². The third-order valence-corrected chi connectivity index (χ3v) is 4.12. The summed E-state index contributed by atoms with van der Waals surface area (Å²) in [6, 6.07) is 0. The van der Waals surface area contributed by atoms with E-state index in [0.717, 1.165) is 21.9 Å². The standard InChI is InChI=1S/C12H15BrN4O2/c1-6-2-7(4-18)19-12(6)17-3-8(13)9-10(14)15-5-16-11(9)17/h3,5-7,12,18H,2,4H2,1H3,(H2,14,15,16)/t6-,7-,12-/m0/s1. The van der Waals surface area contributed by atoms with Gasteiger partial charge in [0.1, 0.15) is 24.0 Å². The van der Waals surface area contributed by atoms with Gasteiger partial charge < -0.3 is 20.1 Å². The molecular weight excluding hydrogens is 312 g/mol. The molecule has 3 N–H and O–H groups in total. The molecule has 19 heavy (non-hydrogen) atoms. The Kier molecular flexibility index (Phi) is 3.20. The summed E-state index contributed by atoms with van der Waals surface area (Å²) < 4.78 is 8.67. The highest BCUT2D eigenvalue weighted by Gasteiger charge is 2.34. The van der Waals surface area contributed by atoms with Crippen LogP contribution in [0.2, 0.25) is 0 Å². The van der Waals surface area contributed by atoms with E-state index in [9.17, 15) is 5.11 Å². The van der Waals surface area contributed by atoms with Gasteiger partial charge in [0.2, 0.25) is 0 Å². The van der Waals surface area contributed by atoms with Gasteiger partial charge in [-0.3, -0.25) is 0 Å². The zero-order valence-corrected chi connectivity index (χ0v) is 12.0. The molecule has 3 atom stereocenters. The lowest BCUT2D eigenvalue weighted by Gasteiger charge is -2.17. The number of hydrogen-bond donors (Lipinski definition) is 2. The molecule has 7 heteroatoms. The van der Waals surface area contributed by atoms with Crippen LogP contribution in [0, 0.1) is 5.92 Å². The number of rotatable bonds is 2. The monoisotopic (exact) mass is 326 g/mol. The quantitative estimate of drug-likeness (QED) is 0.877. The van der Waals surface area contributed by atoms with Crippen LogP contribution in [0.4, 0.5) is 5.82 Å². The second-order valence-corrected chi connectivity index (χ2v) is 5.74. The Bertz CT molecular complexity index is 615. The predicted molar refractivity (Wildman–Crippen MR) is 74.4 cm³/mol. The molecule has 3 rings (SSSR count). The molecule has 1 fully saturated rings. The highest BCUT2D eigenvalue weighted by Crippen LogP contribution is 2.38. The molecule has 102 valence electrons. The van der Waals surface area contributed by atoms with Crippen LogP contribution in [0.3, 0.4) is 0 Å². The average Bonchev–Trinajstić information content (AvgIpc) is 2.91.